The number of piperazine rings is 1. The smallest absolute Gasteiger partial charge is 0.253 e. The minimum Gasteiger partial charge on any atom is -0.336 e. The maximum atomic E-state index is 13.0. The third-order valence-electron chi connectivity index (χ3n) is 6.50. The van der Waals surface area contributed by atoms with Crippen LogP contribution in [-0.2, 0) is 10.8 Å². The molecular formula is C28H37N7O2S. The molecule has 1 aromatic heterocycles. The van der Waals surface area contributed by atoms with E-state index in [0.717, 1.165) is 62.6 Å². The molecule has 1 saturated heterocycles. The highest BCUT2D eigenvalue weighted by Crippen LogP contribution is 2.22. The molecule has 2 atom stereocenters. The molecule has 0 bridgehead atoms. The van der Waals surface area contributed by atoms with Crippen LogP contribution in [0.5, 0.6) is 0 Å². The minimum absolute atomic E-state index is 0.0659. The number of carbonyl (C=O) groups is 1. The zero-order valence-electron chi connectivity index (χ0n) is 22.3. The molecule has 2 aromatic carbocycles. The highest BCUT2D eigenvalue weighted by Gasteiger charge is 2.22. The predicted octanol–water partition coefficient (Wildman–Crippen LogP) is 3.01. The number of nitrogens with two attached hydrogens (primary N) is 1. The van der Waals surface area contributed by atoms with Crippen LogP contribution in [-0.4, -0.2) is 93.5 Å². The summed E-state index contributed by atoms with van der Waals surface area (Å²) in [6.45, 7) is 7.22. The summed E-state index contributed by atoms with van der Waals surface area (Å²) in [7, 11) is 2.95. The maximum absolute atomic E-state index is 13.0. The lowest BCUT2D eigenvalue weighted by Crippen LogP contribution is -2.49. The van der Waals surface area contributed by atoms with Crippen molar-refractivity contribution in [2.75, 3.05) is 58.7 Å². The number of hydrogen-bond acceptors (Lipinski definition) is 8. The van der Waals surface area contributed by atoms with Crippen LogP contribution in [0.2, 0.25) is 0 Å². The first-order valence-electron chi connectivity index (χ1n) is 12.9. The highest BCUT2D eigenvalue weighted by atomic mass is 32.2. The van der Waals surface area contributed by atoms with Crippen LogP contribution in [0.1, 0.15) is 23.7 Å². The third-order valence-corrected chi connectivity index (χ3v) is 7.91. The molecule has 1 aliphatic heterocycles. The van der Waals surface area contributed by atoms with Crippen molar-refractivity contribution in [1.29, 1.82) is 0 Å². The van der Waals surface area contributed by atoms with Gasteiger partial charge in [0.05, 0.1) is 21.9 Å². The Labute approximate surface area is 227 Å². The van der Waals surface area contributed by atoms with E-state index in [-0.39, 0.29) is 5.91 Å². The van der Waals surface area contributed by atoms with Crippen LogP contribution < -0.4 is 11.1 Å². The number of nitrogens with one attached hydrogen (secondary N) is 1. The molecule has 38 heavy (non-hydrogen) atoms. The van der Waals surface area contributed by atoms with Crippen LogP contribution in [0, 0.1) is 0 Å². The molecule has 3 aromatic rings. The van der Waals surface area contributed by atoms with Gasteiger partial charge in [-0.25, -0.2) is 9.97 Å². The maximum Gasteiger partial charge on any atom is 0.253 e. The van der Waals surface area contributed by atoms with Crippen molar-refractivity contribution >= 4 is 28.3 Å². The standard InChI is InChI=1S/C28H37N7O2S/c1-21(29)38(37)25-11-7-22(8-12-25)26-13-14-30-28(32-26)31-24-9-5-23(6-10-24)27(36)35-19-17-34(18-20-35)16-4-15-33(2)3/h5-14,21H,4,15-20,29H2,1-3H3,(H,30,31,32). The van der Waals surface area contributed by atoms with E-state index in [9.17, 15) is 9.00 Å². The van der Waals surface area contributed by atoms with Crippen LogP contribution in [0.3, 0.4) is 0 Å². The first-order valence-corrected chi connectivity index (χ1v) is 14.1. The zero-order valence-corrected chi connectivity index (χ0v) is 23.2. The minimum atomic E-state index is -1.24. The molecule has 0 saturated carbocycles. The van der Waals surface area contributed by atoms with E-state index >= 15 is 0 Å². The Morgan fingerprint density at radius 3 is 2.37 bits per heavy atom. The van der Waals surface area contributed by atoms with Gasteiger partial charge in [0.15, 0.2) is 0 Å². The van der Waals surface area contributed by atoms with Crippen LogP contribution in [0.25, 0.3) is 11.3 Å². The second-order valence-electron chi connectivity index (χ2n) is 9.79. The molecule has 1 fully saturated rings. The van der Waals surface area contributed by atoms with E-state index in [2.05, 4.69) is 39.2 Å². The molecule has 9 nitrogen and oxygen atoms in total. The molecule has 2 unspecified atom stereocenters. The van der Waals surface area contributed by atoms with E-state index < -0.39 is 16.2 Å². The van der Waals surface area contributed by atoms with E-state index in [0.29, 0.717) is 16.4 Å². The van der Waals surface area contributed by atoms with E-state index in [1.54, 1.807) is 13.1 Å². The summed E-state index contributed by atoms with van der Waals surface area (Å²) >= 11 is 0. The number of hydrogen-bond donors (Lipinski definition) is 2. The lowest BCUT2D eigenvalue weighted by atomic mass is 10.1. The Morgan fingerprint density at radius 2 is 1.74 bits per heavy atom. The van der Waals surface area contributed by atoms with Gasteiger partial charge in [0.25, 0.3) is 5.91 Å². The fourth-order valence-corrected chi connectivity index (χ4v) is 5.18. The molecule has 1 aliphatic rings. The quantitative estimate of drug-likeness (QED) is 0.408. The van der Waals surface area contributed by atoms with Gasteiger partial charge in [0, 0.05) is 54.1 Å². The largest absolute Gasteiger partial charge is 0.336 e. The Bertz CT molecular complexity index is 1220. The molecule has 10 heteroatoms. The van der Waals surface area contributed by atoms with Crippen LogP contribution >= 0.6 is 0 Å². The van der Waals surface area contributed by atoms with Crippen molar-refractivity contribution in [3.05, 3.63) is 66.4 Å². The molecule has 4 rings (SSSR count). The van der Waals surface area contributed by atoms with Crippen molar-refractivity contribution in [3.8, 4) is 11.3 Å². The summed E-state index contributed by atoms with van der Waals surface area (Å²) in [5.41, 5.74) is 8.86. The van der Waals surface area contributed by atoms with Gasteiger partial charge in [-0.05, 0) is 83.0 Å². The van der Waals surface area contributed by atoms with Gasteiger partial charge in [-0.2, -0.15) is 0 Å². The molecule has 0 radical (unpaired) electrons. The van der Waals surface area contributed by atoms with Crippen LogP contribution in [0.15, 0.2) is 65.7 Å². The Kier molecular flexibility index (Phi) is 9.57. The molecule has 2 heterocycles. The molecule has 1 amide bonds. The Balaban J connectivity index is 1.33. The van der Waals surface area contributed by atoms with Crippen molar-refractivity contribution in [1.82, 2.24) is 24.7 Å². The molecule has 0 aliphatic carbocycles. The van der Waals surface area contributed by atoms with Gasteiger partial charge < -0.3 is 20.9 Å². The predicted molar refractivity (Wildman–Crippen MR) is 153 cm³/mol. The van der Waals surface area contributed by atoms with Crippen molar-refractivity contribution in [3.63, 3.8) is 0 Å². The van der Waals surface area contributed by atoms with E-state index in [1.165, 1.54) is 0 Å². The van der Waals surface area contributed by atoms with E-state index in [4.69, 9.17) is 5.73 Å². The van der Waals surface area contributed by atoms with Crippen molar-refractivity contribution in [2.24, 2.45) is 5.73 Å². The molecule has 3 N–H and O–H groups in total. The lowest BCUT2D eigenvalue weighted by Gasteiger charge is -2.35. The zero-order chi connectivity index (χ0) is 27.1. The second kappa shape index (κ2) is 13.1. The normalized spacial score (nSPS) is 15.9. The third kappa shape index (κ3) is 7.44. The number of rotatable bonds is 10. The second-order valence-corrected chi connectivity index (χ2v) is 11.6. The van der Waals surface area contributed by atoms with Crippen molar-refractivity contribution in [2.45, 2.75) is 23.6 Å². The fourth-order valence-electron chi connectivity index (χ4n) is 4.35. The summed E-state index contributed by atoms with van der Waals surface area (Å²) in [6, 6.07) is 16.6. The summed E-state index contributed by atoms with van der Waals surface area (Å²) < 4.78 is 12.2. The SMILES string of the molecule is CC(N)S(=O)c1ccc(-c2ccnc(Nc3ccc(C(=O)N4CCN(CCCN(C)C)CC4)cc3)n2)cc1. The number of carbonyl (C=O) groups excluding carboxylic acids is 1. The van der Waals surface area contributed by atoms with Gasteiger partial charge in [-0.1, -0.05) is 12.1 Å². The summed E-state index contributed by atoms with van der Waals surface area (Å²) in [5.74, 6) is 0.520. The fraction of sp³-hybridized carbons (Fsp3) is 0.393. The van der Waals surface area contributed by atoms with Gasteiger partial charge >= 0.3 is 0 Å². The topological polar surface area (TPSA) is 108 Å². The van der Waals surface area contributed by atoms with Crippen LogP contribution in [0.4, 0.5) is 11.6 Å². The lowest BCUT2D eigenvalue weighted by molar-refractivity contribution is 0.0634. The molecule has 202 valence electrons. The summed E-state index contributed by atoms with van der Waals surface area (Å²) in [4.78, 5) is 29.2. The average Bonchev–Trinajstić information content (AvgIpc) is 2.93. The number of amides is 1. The number of nitrogens with zero attached hydrogens (tertiary/aromatic N) is 5. The summed E-state index contributed by atoms with van der Waals surface area (Å²) in [5, 5.41) is 2.79. The number of benzene rings is 2. The van der Waals surface area contributed by atoms with Gasteiger partial charge in [-0.15, -0.1) is 0 Å². The summed E-state index contributed by atoms with van der Waals surface area (Å²) in [6.07, 6.45) is 2.83. The highest BCUT2D eigenvalue weighted by molar-refractivity contribution is 7.85. The van der Waals surface area contributed by atoms with Gasteiger partial charge in [0.1, 0.15) is 0 Å². The first kappa shape index (κ1) is 27.8. The first-order chi connectivity index (χ1) is 18.3. The Hall–Kier alpha value is -3.18. The van der Waals surface area contributed by atoms with Gasteiger partial charge in [0.2, 0.25) is 5.95 Å². The Morgan fingerprint density at radius 1 is 1.05 bits per heavy atom. The monoisotopic (exact) mass is 535 g/mol. The van der Waals surface area contributed by atoms with Crippen molar-refractivity contribution < 1.29 is 9.00 Å². The average molecular weight is 536 g/mol. The number of anilines is 2. The molecule has 0 spiro atoms. The molecular weight excluding hydrogens is 498 g/mol. The van der Waals surface area contributed by atoms with E-state index in [1.807, 2.05) is 59.5 Å². The van der Waals surface area contributed by atoms with Gasteiger partial charge in [-0.3, -0.25) is 13.9 Å². The number of aromatic nitrogens is 2.